The third kappa shape index (κ3) is 3.95. The second-order valence-electron chi connectivity index (χ2n) is 5.18. The van der Waals surface area contributed by atoms with Crippen LogP contribution in [0.5, 0.6) is 0 Å². The normalized spacial score (nSPS) is 24.9. The highest BCUT2D eigenvalue weighted by atomic mass is 16.3. The Kier molecular flexibility index (Phi) is 4.35. The number of aliphatic hydroxyl groups is 1. The summed E-state index contributed by atoms with van der Waals surface area (Å²) in [5, 5.41) is 9.34. The molecule has 0 aliphatic carbocycles. The lowest BCUT2D eigenvalue weighted by Crippen LogP contribution is -2.39. The molecule has 0 spiro atoms. The van der Waals surface area contributed by atoms with Gasteiger partial charge in [-0.3, -0.25) is 0 Å². The zero-order valence-electron chi connectivity index (χ0n) is 9.50. The standard InChI is InChI=1S/C11H24N2O/c1-11(2)4-7-13(8-5-11)6-3-10(14)9-12/h10,14H,3-9,12H2,1-2H3. The summed E-state index contributed by atoms with van der Waals surface area (Å²) in [5.41, 5.74) is 5.88. The van der Waals surface area contributed by atoms with Crippen LogP contribution in [0.3, 0.4) is 0 Å². The van der Waals surface area contributed by atoms with Crippen LogP contribution < -0.4 is 5.73 Å². The van der Waals surface area contributed by atoms with Crippen molar-refractivity contribution in [3.63, 3.8) is 0 Å². The van der Waals surface area contributed by atoms with E-state index in [-0.39, 0.29) is 6.10 Å². The molecule has 1 rings (SSSR count). The molecule has 0 radical (unpaired) electrons. The lowest BCUT2D eigenvalue weighted by atomic mass is 9.82. The minimum atomic E-state index is -0.315. The Hall–Kier alpha value is -0.120. The summed E-state index contributed by atoms with van der Waals surface area (Å²) in [6.07, 6.45) is 3.04. The Morgan fingerprint density at radius 3 is 2.43 bits per heavy atom. The van der Waals surface area contributed by atoms with Crippen molar-refractivity contribution in [2.45, 2.75) is 39.2 Å². The molecule has 1 aliphatic heterocycles. The van der Waals surface area contributed by atoms with E-state index in [4.69, 9.17) is 5.73 Å². The molecule has 14 heavy (non-hydrogen) atoms. The van der Waals surface area contributed by atoms with E-state index in [2.05, 4.69) is 18.7 Å². The molecule has 0 aromatic carbocycles. The maximum Gasteiger partial charge on any atom is 0.0674 e. The van der Waals surface area contributed by atoms with Crippen molar-refractivity contribution in [2.24, 2.45) is 11.1 Å². The van der Waals surface area contributed by atoms with E-state index in [1.807, 2.05) is 0 Å². The van der Waals surface area contributed by atoms with Gasteiger partial charge in [0.25, 0.3) is 0 Å². The summed E-state index contributed by atoms with van der Waals surface area (Å²) in [4.78, 5) is 2.43. The minimum absolute atomic E-state index is 0.315. The number of aliphatic hydroxyl groups excluding tert-OH is 1. The Bertz CT molecular complexity index is 161. The molecule has 0 aromatic rings. The molecular formula is C11H24N2O. The second kappa shape index (κ2) is 5.10. The van der Waals surface area contributed by atoms with Gasteiger partial charge in [-0.25, -0.2) is 0 Å². The number of rotatable bonds is 4. The number of hydrogen-bond acceptors (Lipinski definition) is 3. The average molecular weight is 200 g/mol. The Balaban J connectivity index is 2.16. The van der Waals surface area contributed by atoms with Gasteiger partial charge in [0, 0.05) is 13.1 Å². The maximum atomic E-state index is 9.34. The summed E-state index contributed by atoms with van der Waals surface area (Å²) in [7, 11) is 0. The van der Waals surface area contributed by atoms with Crippen LogP contribution in [0.2, 0.25) is 0 Å². The number of nitrogens with two attached hydrogens (primary N) is 1. The average Bonchev–Trinajstić information content (AvgIpc) is 2.16. The third-order valence-electron chi connectivity index (χ3n) is 3.26. The molecule has 3 nitrogen and oxygen atoms in total. The van der Waals surface area contributed by atoms with E-state index in [1.165, 1.54) is 25.9 Å². The number of nitrogens with zero attached hydrogens (tertiary/aromatic N) is 1. The van der Waals surface area contributed by atoms with E-state index < -0.39 is 0 Å². The van der Waals surface area contributed by atoms with Gasteiger partial charge in [0.1, 0.15) is 0 Å². The lowest BCUT2D eigenvalue weighted by molar-refractivity contribution is 0.104. The molecule has 0 amide bonds. The first-order valence-corrected chi connectivity index (χ1v) is 5.64. The van der Waals surface area contributed by atoms with Crippen LogP contribution >= 0.6 is 0 Å². The fourth-order valence-corrected chi connectivity index (χ4v) is 1.83. The van der Waals surface area contributed by atoms with Gasteiger partial charge in [0.2, 0.25) is 0 Å². The molecule has 1 atom stereocenters. The predicted molar refractivity (Wildman–Crippen MR) is 59.1 cm³/mol. The van der Waals surface area contributed by atoms with E-state index in [9.17, 15) is 5.11 Å². The van der Waals surface area contributed by atoms with Gasteiger partial charge in [0.15, 0.2) is 0 Å². The molecular weight excluding hydrogens is 176 g/mol. The first-order valence-electron chi connectivity index (χ1n) is 5.64. The van der Waals surface area contributed by atoms with E-state index in [0.29, 0.717) is 12.0 Å². The first-order chi connectivity index (χ1) is 6.53. The summed E-state index contributed by atoms with van der Waals surface area (Å²) < 4.78 is 0. The number of likely N-dealkylation sites (tertiary alicyclic amines) is 1. The summed E-state index contributed by atoms with van der Waals surface area (Å²) in [6.45, 7) is 8.39. The quantitative estimate of drug-likeness (QED) is 0.706. The van der Waals surface area contributed by atoms with Gasteiger partial charge >= 0.3 is 0 Å². The van der Waals surface area contributed by atoms with Crippen LogP contribution in [0.25, 0.3) is 0 Å². The highest BCUT2D eigenvalue weighted by Gasteiger charge is 2.25. The summed E-state index contributed by atoms with van der Waals surface area (Å²) in [5.74, 6) is 0. The van der Waals surface area contributed by atoms with E-state index in [1.54, 1.807) is 0 Å². The smallest absolute Gasteiger partial charge is 0.0674 e. The van der Waals surface area contributed by atoms with Crippen molar-refractivity contribution in [3.05, 3.63) is 0 Å². The van der Waals surface area contributed by atoms with Crippen molar-refractivity contribution in [1.29, 1.82) is 0 Å². The van der Waals surface area contributed by atoms with E-state index >= 15 is 0 Å². The van der Waals surface area contributed by atoms with Gasteiger partial charge in [-0.05, 0) is 37.8 Å². The van der Waals surface area contributed by atoms with Crippen molar-refractivity contribution in [3.8, 4) is 0 Å². The molecule has 1 heterocycles. The third-order valence-corrected chi connectivity index (χ3v) is 3.26. The van der Waals surface area contributed by atoms with Gasteiger partial charge in [-0.15, -0.1) is 0 Å². The van der Waals surface area contributed by atoms with Crippen molar-refractivity contribution in [2.75, 3.05) is 26.2 Å². The maximum absolute atomic E-state index is 9.34. The Morgan fingerprint density at radius 1 is 1.36 bits per heavy atom. The fourth-order valence-electron chi connectivity index (χ4n) is 1.83. The number of piperidine rings is 1. The number of hydrogen-bond donors (Lipinski definition) is 2. The predicted octanol–water partition coefficient (Wildman–Crippen LogP) is 0.818. The SMILES string of the molecule is CC1(C)CCN(CCC(O)CN)CC1. The van der Waals surface area contributed by atoms with Crippen LogP contribution in [0.1, 0.15) is 33.1 Å². The topological polar surface area (TPSA) is 49.5 Å². The zero-order chi connectivity index (χ0) is 10.6. The zero-order valence-corrected chi connectivity index (χ0v) is 9.50. The largest absolute Gasteiger partial charge is 0.392 e. The van der Waals surface area contributed by atoms with Gasteiger partial charge in [-0.1, -0.05) is 13.8 Å². The highest BCUT2D eigenvalue weighted by Crippen LogP contribution is 2.29. The van der Waals surface area contributed by atoms with E-state index in [0.717, 1.165) is 13.0 Å². The molecule has 1 unspecified atom stereocenters. The Labute approximate surface area is 87.3 Å². The van der Waals surface area contributed by atoms with Gasteiger partial charge in [0.05, 0.1) is 6.10 Å². The minimum Gasteiger partial charge on any atom is -0.392 e. The fraction of sp³-hybridized carbons (Fsp3) is 1.00. The molecule has 84 valence electrons. The first kappa shape index (κ1) is 12.0. The molecule has 0 aromatic heterocycles. The van der Waals surface area contributed by atoms with Crippen molar-refractivity contribution in [1.82, 2.24) is 4.90 Å². The molecule has 1 aliphatic rings. The molecule has 0 bridgehead atoms. The molecule has 1 fully saturated rings. The second-order valence-corrected chi connectivity index (χ2v) is 5.18. The monoisotopic (exact) mass is 200 g/mol. The molecule has 1 saturated heterocycles. The summed E-state index contributed by atoms with van der Waals surface area (Å²) >= 11 is 0. The molecule has 0 saturated carbocycles. The van der Waals surface area contributed by atoms with Crippen LogP contribution in [-0.4, -0.2) is 42.3 Å². The molecule has 3 heteroatoms. The van der Waals surface area contributed by atoms with Crippen LogP contribution in [0.4, 0.5) is 0 Å². The Morgan fingerprint density at radius 2 is 1.93 bits per heavy atom. The van der Waals surface area contributed by atoms with Crippen molar-refractivity contribution >= 4 is 0 Å². The molecule has 3 N–H and O–H groups in total. The van der Waals surface area contributed by atoms with Crippen molar-refractivity contribution < 1.29 is 5.11 Å². The highest BCUT2D eigenvalue weighted by molar-refractivity contribution is 4.78. The van der Waals surface area contributed by atoms with Crippen LogP contribution in [0, 0.1) is 5.41 Å². The van der Waals surface area contributed by atoms with Crippen LogP contribution in [0.15, 0.2) is 0 Å². The summed E-state index contributed by atoms with van der Waals surface area (Å²) in [6, 6.07) is 0. The lowest BCUT2D eigenvalue weighted by Gasteiger charge is -2.37. The van der Waals surface area contributed by atoms with Crippen LogP contribution in [-0.2, 0) is 0 Å². The van der Waals surface area contributed by atoms with Gasteiger partial charge < -0.3 is 15.7 Å². The van der Waals surface area contributed by atoms with Gasteiger partial charge in [-0.2, -0.15) is 0 Å².